The lowest BCUT2D eigenvalue weighted by Crippen LogP contribution is -2.51. The van der Waals surface area contributed by atoms with Crippen LogP contribution < -0.4 is 16.4 Å². The first-order chi connectivity index (χ1) is 23.7. The number of nitrogen functional groups attached to an aromatic ring is 1. The van der Waals surface area contributed by atoms with E-state index in [4.69, 9.17) is 5.73 Å². The Morgan fingerprint density at radius 3 is 2.06 bits per heavy atom. The molecule has 6 rings (SSSR count). The molecule has 4 amide bonds. The second kappa shape index (κ2) is 14.6. The Hall–Kier alpha value is -3.53. The lowest BCUT2D eigenvalue weighted by atomic mass is 9.79. The molecule has 16 heteroatoms. The molecule has 50 heavy (non-hydrogen) atoms. The summed E-state index contributed by atoms with van der Waals surface area (Å²) < 4.78 is 83.2. The number of nitrogens with one attached hydrogen (secondary N) is 2. The molecule has 0 spiro atoms. The Kier molecular flexibility index (Phi) is 10.6. The molecule has 0 bridgehead atoms. The van der Waals surface area contributed by atoms with Crippen molar-refractivity contribution < 1.29 is 40.7 Å². The Morgan fingerprint density at radius 1 is 0.880 bits per heavy atom. The average molecular weight is 729 g/mol. The third kappa shape index (κ3) is 8.00. The van der Waals surface area contributed by atoms with Crippen LogP contribution in [0.3, 0.4) is 0 Å². The fourth-order valence-electron chi connectivity index (χ4n) is 8.05. The molecule has 0 unspecified atom stereocenters. The van der Waals surface area contributed by atoms with Crippen molar-refractivity contribution in [2.45, 2.75) is 76.3 Å². The van der Waals surface area contributed by atoms with Crippen molar-refractivity contribution in [3.8, 4) is 0 Å². The lowest BCUT2D eigenvalue weighted by Gasteiger charge is -2.41. The summed E-state index contributed by atoms with van der Waals surface area (Å²) in [7, 11) is 0. The van der Waals surface area contributed by atoms with Gasteiger partial charge in [0.1, 0.15) is 5.00 Å². The van der Waals surface area contributed by atoms with E-state index in [1.807, 2.05) is 11.4 Å². The highest BCUT2D eigenvalue weighted by Crippen LogP contribution is 2.43. The summed E-state index contributed by atoms with van der Waals surface area (Å²) in [4.78, 5) is 45.4. The first kappa shape index (κ1) is 36.3. The predicted octanol–water partition coefficient (Wildman–Crippen LogP) is 6.19. The Balaban J connectivity index is 1.18. The van der Waals surface area contributed by atoms with Crippen LogP contribution >= 0.6 is 11.3 Å². The largest absolute Gasteiger partial charge is 0.418 e. The molecule has 0 saturated carbocycles. The van der Waals surface area contributed by atoms with Gasteiger partial charge in [-0.2, -0.15) is 26.3 Å². The zero-order chi connectivity index (χ0) is 35.8. The number of hydrogen-bond donors (Lipinski definition) is 3. The number of alkyl halides is 6. The molecular weight excluding hydrogens is 686 g/mol. The number of piperidine rings is 3. The number of amides is 4. The van der Waals surface area contributed by atoms with E-state index in [2.05, 4.69) is 10.6 Å². The summed E-state index contributed by atoms with van der Waals surface area (Å²) in [5.74, 6) is -1.07. The van der Waals surface area contributed by atoms with Crippen molar-refractivity contribution in [1.29, 1.82) is 0 Å². The molecular formula is C34H42F6N6O3S. The fourth-order valence-corrected chi connectivity index (χ4v) is 8.85. The van der Waals surface area contributed by atoms with Crippen LogP contribution in [-0.4, -0.2) is 77.9 Å². The van der Waals surface area contributed by atoms with Crippen molar-refractivity contribution in [2.24, 2.45) is 17.8 Å². The number of anilines is 2. The van der Waals surface area contributed by atoms with Crippen molar-refractivity contribution in [3.05, 3.63) is 45.8 Å². The smallest absolute Gasteiger partial charge is 0.398 e. The number of urea groups is 1. The molecule has 1 aromatic carbocycles. The Labute approximate surface area is 290 Å². The van der Waals surface area contributed by atoms with Crippen molar-refractivity contribution >= 4 is 39.9 Å². The molecule has 9 nitrogen and oxygen atoms in total. The molecule has 2 aromatic rings. The third-order valence-corrected chi connectivity index (χ3v) is 11.7. The number of nitrogens with two attached hydrogens (primary N) is 1. The van der Waals surface area contributed by atoms with E-state index in [9.17, 15) is 40.7 Å². The number of carbonyl (C=O) groups is 3. The highest BCUT2D eigenvalue weighted by molar-refractivity contribution is 7.14. The normalized spacial score (nSPS) is 20.8. The topological polar surface area (TPSA) is 111 Å². The number of likely N-dealkylation sites (tertiary alicyclic amines) is 2. The number of hydrogen-bond acceptors (Lipinski definition) is 6. The molecule has 4 aliphatic rings. The van der Waals surface area contributed by atoms with Gasteiger partial charge in [-0.1, -0.05) is 0 Å². The Morgan fingerprint density at radius 2 is 1.46 bits per heavy atom. The van der Waals surface area contributed by atoms with Gasteiger partial charge in [0.25, 0.3) is 0 Å². The van der Waals surface area contributed by atoms with E-state index >= 15 is 0 Å². The molecule has 1 atom stereocenters. The van der Waals surface area contributed by atoms with Gasteiger partial charge in [-0.15, -0.1) is 11.3 Å². The molecule has 1 aromatic heterocycles. The summed E-state index contributed by atoms with van der Waals surface area (Å²) >= 11 is 1.45. The van der Waals surface area contributed by atoms with E-state index < -0.39 is 53.3 Å². The quantitative estimate of drug-likeness (QED) is 0.233. The van der Waals surface area contributed by atoms with Gasteiger partial charge in [-0.3, -0.25) is 14.9 Å². The summed E-state index contributed by atoms with van der Waals surface area (Å²) in [5, 5.41) is 8.97. The monoisotopic (exact) mass is 728 g/mol. The van der Waals surface area contributed by atoms with E-state index in [0.717, 1.165) is 49.3 Å². The molecule has 4 N–H and O–H groups in total. The molecule has 0 radical (unpaired) electrons. The number of halogens is 6. The van der Waals surface area contributed by atoms with Crippen LogP contribution in [0, 0.1) is 17.8 Å². The SMILES string of the molecule is Nc1c(C(F)(F)F)cc(C[C@@H](CC(=O)N2CCC(N3Cc4ccsc4NC3=O)CC2)C(=O)N2CCC(C3CCNCC3)CC2)cc1C(F)(F)F. The van der Waals surface area contributed by atoms with Gasteiger partial charge in [-0.05, 0) is 99.0 Å². The predicted molar refractivity (Wildman–Crippen MR) is 176 cm³/mol. The fraction of sp³-hybridized carbons (Fsp3) is 0.618. The molecule has 3 saturated heterocycles. The van der Waals surface area contributed by atoms with Crippen LogP contribution in [0.5, 0.6) is 0 Å². The van der Waals surface area contributed by atoms with Gasteiger partial charge < -0.3 is 25.8 Å². The van der Waals surface area contributed by atoms with Gasteiger partial charge in [0.2, 0.25) is 11.8 Å². The van der Waals surface area contributed by atoms with Gasteiger partial charge in [0.05, 0.1) is 29.3 Å². The number of carbonyl (C=O) groups excluding carboxylic acids is 3. The minimum atomic E-state index is -5.16. The highest BCUT2D eigenvalue weighted by Gasteiger charge is 2.42. The zero-order valence-electron chi connectivity index (χ0n) is 27.5. The minimum absolute atomic E-state index is 0.123. The zero-order valence-corrected chi connectivity index (χ0v) is 28.4. The van der Waals surface area contributed by atoms with Crippen molar-refractivity contribution in [3.63, 3.8) is 0 Å². The molecule has 0 aliphatic carbocycles. The van der Waals surface area contributed by atoms with E-state index in [1.165, 1.54) is 11.3 Å². The number of nitrogens with zero attached hydrogens (tertiary/aromatic N) is 3. The van der Waals surface area contributed by atoms with Crippen LogP contribution in [0.15, 0.2) is 23.6 Å². The van der Waals surface area contributed by atoms with Crippen LogP contribution in [-0.2, 0) is 34.9 Å². The third-order valence-electron chi connectivity index (χ3n) is 10.8. The standard InChI is InChI=1S/C34H42F6N6O3S/c35-33(36,37)26-16-20(17-27(29(26)41)34(38,39)40)15-24(31(48)45-10-3-22(4-11-45)21-1-8-42-9-2-21)18-28(47)44-12-5-25(6-13-44)46-19-23-7-14-50-30(23)43-32(46)49/h7,14,16-17,21-22,24-25,42H,1-6,8-13,15,18-19,41H2,(H,43,49)/t24-/m0/s1. The van der Waals surface area contributed by atoms with Gasteiger partial charge in [0.15, 0.2) is 0 Å². The maximum absolute atomic E-state index is 14.0. The first-order valence-electron chi connectivity index (χ1n) is 17.2. The van der Waals surface area contributed by atoms with Gasteiger partial charge in [-0.25, -0.2) is 4.79 Å². The van der Waals surface area contributed by atoms with E-state index in [1.54, 1.807) is 14.7 Å². The minimum Gasteiger partial charge on any atom is -0.398 e. The maximum atomic E-state index is 14.0. The number of thiophene rings is 1. The molecule has 274 valence electrons. The van der Waals surface area contributed by atoms with Crippen LogP contribution in [0.1, 0.15) is 67.2 Å². The van der Waals surface area contributed by atoms with Crippen molar-refractivity contribution in [2.75, 3.05) is 50.3 Å². The van der Waals surface area contributed by atoms with Crippen LogP contribution in [0.4, 0.5) is 41.8 Å². The summed E-state index contributed by atoms with van der Waals surface area (Å²) in [6, 6.07) is 2.75. The van der Waals surface area contributed by atoms with E-state index in [0.29, 0.717) is 69.5 Å². The Bertz CT molecular complexity index is 1520. The molecule has 4 aliphatic heterocycles. The number of rotatable bonds is 7. The number of benzene rings is 1. The van der Waals surface area contributed by atoms with Crippen LogP contribution in [0.25, 0.3) is 0 Å². The second-order valence-corrected chi connectivity index (χ2v) is 14.8. The van der Waals surface area contributed by atoms with Crippen molar-refractivity contribution in [1.82, 2.24) is 20.0 Å². The molecule has 5 heterocycles. The van der Waals surface area contributed by atoms with E-state index in [-0.39, 0.29) is 24.1 Å². The lowest BCUT2D eigenvalue weighted by molar-refractivity contribution is -0.143. The van der Waals surface area contributed by atoms with Gasteiger partial charge >= 0.3 is 18.4 Å². The molecule has 3 fully saturated rings. The summed E-state index contributed by atoms with van der Waals surface area (Å²) in [5.41, 5.74) is 1.35. The summed E-state index contributed by atoms with van der Waals surface area (Å²) in [6.45, 7) is 3.75. The summed E-state index contributed by atoms with van der Waals surface area (Å²) in [6.07, 6.45) is -6.61. The average Bonchev–Trinajstić information content (AvgIpc) is 3.54. The number of fused-ring (bicyclic) bond motifs is 1. The first-order valence-corrected chi connectivity index (χ1v) is 18.0. The van der Waals surface area contributed by atoms with Crippen LogP contribution in [0.2, 0.25) is 0 Å². The van der Waals surface area contributed by atoms with Gasteiger partial charge in [0, 0.05) is 44.2 Å². The second-order valence-electron chi connectivity index (χ2n) is 13.9. The maximum Gasteiger partial charge on any atom is 0.418 e. The highest BCUT2D eigenvalue weighted by atomic mass is 32.1.